The molecule has 3 atom stereocenters. The molecule has 0 aliphatic carbocycles. The highest BCUT2D eigenvalue weighted by molar-refractivity contribution is 5.87. The lowest BCUT2D eigenvalue weighted by atomic mass is 9.95. The molecule has 0 N–H and O–H groups in total. The Hall–Kier alpha value is -3.55. The number of aryl methyl sites for hydroxylation is 2. The zero-order valence-electron chi connectivity index (χ0n) is 25.4. The Kier molecular flexibility index (Phi) is 10.3. The van der Waals surface area contributed by atoms with Crippen molar-refractivity contribution in [2.75, 3.05) is 51.3 Å². The van der Waals surface area contributed by atoms with E-state index in [0.29, 0.717) is 63.3 Å². The monoisotopic (exact) mass is 590 g/mol. The highest BCUT2D eigenvalue weighted by Gasteiger charge is 2.32. The molecular weight excluding hydrogens is 547 g/mol. The molecule has 2 aromatic rings. The predicted molar refractivity (Wildman–Crippen MR) is 162 cm³/mol. The van der Waals surface area contributed by atoms with Crippen LogP contribution < -0.4 is 9.64 Å². The Balaban J connectivity index is 1.51. The highest BCUT2D eigenvalue weighted by atomic mass is 19.1. The molecule has 0 saturated carbocycles. The molecule has 0 bridgehead atoms. The number of nitriles is 1. The first-order valence-corrected chi connectivity index (χ1v) is 15.6. The van der Waals surface area contributed by atoms with Crippen molar-refractivity contribution in [3.8, 4) is 12.1 Å². The van der Waals surface area contributed by atoms with Crippen LogP contribution in [0.1, 0.15) is 67.5 Å². The van der Waals surface area contributed by atoms with E-state index in [-0.39, 0.29) is 30.3 Å². The molecular formula is C33H43FN6O3. The number of hydrogen-bond donors (Lipinski definition) is 0. The van der Waals surface area contributed by atoms with Crippen LogP contribution in [0.3, 0.4) is 0 Å². The van der Waals surface area contributed by atoms with Gasteiger partial charge in [-0.2, -0.15) is 15.2 Å². The fourth-order valence-electron chi connectivity index (χ4n) is 6.64. The zero-order valence-corrected chi connectivity index (χ0v) is 25.4. The summed E-state index contributed by atoms with van der Waals surface area (Å²) >= 11 is 0. The SMILES string of the molecule is C=CC(=O)N1CCN(c2nc(OC[C@@H]3CCCN3C)nc3c2CCCCOC(C)c2c(F)cccc2CC3)C[C@@H]1CC#N. The second-order valence-corrected chi connectivity index (χ2v) is 11.8. The molecule has 5 rings (SSSR count). The second kappa shape index (κ2) is 14.3. The summed E-state index contributed by atoms with van der Waals surface area (Å²) in [5, 5.41) is 9.55. The normalized spacial score (nSPS) is 23.3. The van der Waals surface area contributed by atoms with Gasteiger partial charge < -0.3 is 24.2 Å². The standard InChI is InChI=1S/C33H43FN6O3/c1-4-30(41)40-19-18-39(21-25(40)15-16-35)32-27-11-5-6-20-42-23(2)31-24(9-7-12-28(31)34)13-14-29(27)36-33(37-32)43-22-26-10-8-17-38(26)3/h4,7,9,12,23,25-26H,1,5-6,8,10-11,13-15,17-22H2,2-3H3/t23?,25-,26-/m0/s1. The van der Waals surface area contributed by atoms with E-state index in [0.717, 1.165) is 61.3 Å². The summed E-state index contributed by atoms with van der Waals surface area (Å²) < 4.78 is 27.4. The fourth-order valence-corrected chi connectivity index (χ4v) is 6.64. The molecule has 230 valence electrons. The molecule has 43 heavy (non-hydrogen) atoms. The van der Waals surface area contributed by atoms with Crippen LogP contribution in [0.4, 0.5) is 10.2 Å². The number of carbonyl (C=O) groups is 1. The molecule has 4 heterocycles. The Morgan fingerprint density at radius 2 is 2.05 bits per heavy atom. The lowest BCUT2D eigenvalue weighted by Crippen LogP contribution is -2.55. The van der Waals surface area contributed by atoms with Gasteiger partial charge in [0, 0.05) is 43.4 Å². The van der Waals surface area contributed by atoms with E-state index in [1.54, 1.807) is 11.0 Å². The summed E-state index contributed by atoms with van der Waals surface area (Å²) in [7, 11) is 2.12. The Morgan fingerprint density at radius 1 is 1.19 bits per heavy atom. The number of carbonyl (C=O) groups excluding carboxylic acids is 1. The molecule has 3 aliphatic heterocycles. The van der Waals surface area contributed by atoms with Crippen molar-refractivity contribution in [2.24, 2.45) is 0 Å². The molecule has 3 aliphatic rings. The van der Waals surface area contributed by atoms with E-state index in [1.165, 1.54) is 12.1 Å². The molecule has 9 nitrogen and oxygen atoms in total. The van der Waals surface area contributed by atoms with E-state index in [1.807, 2.05) is 13.0 Å². The first-order valence-electron chi connectivity index (χ1n) is 15.6. The van der Waals surface area contributed by atoms with Crippen LogP contribution in [0.25, 0.3) is 0 Å². The largest absolute Gasteiger partial charge is 0.462 e. The van der Waals surface area contributed by atoms with Crippen LogP contribution in [-0.4, -0.2) is 84.2 Å². The van der Waals surface area contributed by atoms with Gasteiger partial charge in [0.2, 0.25) is 5.91 Å². The Morgan fingerprint density at radius 3 is 2.81 bits per heavy atom. The summed E-state index contributed by atoms with van der Waals surface area (Å²) in [5.74, 6) is 0.396. The first kappa shape index (κ1) is 30.9. The molecule has 0 radical (unpaired) electrons. The molecule has 1 amide bonds. The van der Waals surface area contributed by atoms with Crippen molar-refractivity contribution < 1.29 is 18.7 Å². The van der Waals surface area contributed by atoms with Crippen LogP contribution in [0.15, 0.2) is 30.9 Å². The van der Waals surface area contributed by atoms with E-state index in [2.05, 4.69) is 29.5 Å². The number of anilines is 1. The van der Waals surface area contributed by atoms with Crippen molar-refractivity contribution >= 4 is 11.7 Å². The van der Waals surface area contributed by atoms with Crippen molar-refractivity contribution in [1.29, 1.82) is 5.26 Å². The van der Waals surface area contributed by atoms with Crippen LogP contribution in [0.2, 0.25) is 0 Å². The predicted octanol–water partition coefficient (Wildman–Crippen LogP) is 4.40. The van der Waals surface area contributed by atoms with E-state index in [9.17, 15) is 10.1 Å². The summed E-state index contributed by atoms with van der Waals surface area (Å²) in [5.41, 5.74) is 3.49. The fraction of sp³-hybridized carbons (Fsp3) is 0.576. The average Bonchev–Trinajstić information content (AvgIpc) is 3.42. The number of likely N-dealkylation sites (tertiary alicyclic amines) is 1. The number of amides is 1. The van der Waals surface area contributed by atoms with Gasteiger partial charge in [-0.15, -0.1) is 0 Å². The number of fused-ring (bicyclic) bond motifs is 2. The van der Waals surface area contributed by atoms with Gasteiger partial charge in [0.15, 0.2) is 0 Å². The van der Waals surface area contributed by atoms with Gasteiger partial charge in [0.25, 0.3) is 0 Å². The number of ether oxygens (including phenoxy) is 2. The summed E-state index contributed by atoms with van der Waals surface area (Å²) in [6, 6.07) is 7.87. The van der Waals surface area contributed by atoms with Gasteiger partial charge >= 0.3 is 6.01 Å². The number of rotatable bonds is 6. The number of halogens is 1. The van der Waals surface area contributed by atoms with E-state index < -0.39 is 0 Å². The third-order valence-electron chi connectivity index (χ3n) is 9.06. The minimum Gasteiger partial charge on any atom is -0.462 e. The maximum atomic E-state index is 15.0. The summed E-state index contributed by atoms with van der Waals surface area (Å²) in [6.07, 6.45) is 7.08. The molecule has 1 unspecified atom stereocenters. The van der Waals surface area contributed by atoms with E-state index in [4.69, 9.17) is 19.4 Å². The number of benzene rings is 1. The average molecular weight is 591 g/mol. The summed E-state index contributed by atoms with van der Waals surface area (Å²) in [4.78, 5) is 28.8. The zero-order chi connectivity index (χ0) is 30.3. The van der Waals surface area contributed by atoms with Gasteiger partial charge in [0.05, 0.1) is 30.3 Å². The van der Waals surface area contributed by atoms with Crippen molar-refractivity contribution in [2.45, 2.75) is 76.5 Å². The lowest BCUT2D eigenvalue weighted by molar-refractivity contribution is -0.128. The number of hydrogen-bond acceptors (Lipinski definition) is 8. The van der Waals surface area contributed by atoms with E-state index >= 15 is 4.39 Å². The molecule has 1 aromatic carbocycles. The smallest absolute Gasteiger partial charge is 0.318 e. The first-order chi connectivity index (χ1) is 20.9. The minimum absolute atomic E-state index is 0.164. The second-order valence-electron chi connectivity index (χ2n) is 11.8. The number of aromatic nitrogens is 2. The van der Waals surface area contributed by atoms with Crippen LogP contribution in [-0.2, 0) is 28.8 Å². The van der Waals surface area contributed by atoms with Gasteiger partial charge in [-0.3, -0.25) is 4.79 Å². The van der Waals surface area contributed by atoms with Gasteiger partial charge in [-0.1, -0.05) is 18.7 Å². The van der Waals surface area contributed by atoms with Crippen molar-refractivity contribution in [1.82, 2.24) is 19.8 Å². The van der Waals surface area contributed by atoms with Crippen LogP contribution >= 0.6 is 0 Å². The molecule has 1 aromatic heterocycles. The minimum atomic E-state index is -0.329. The molecule has 0 spiro atoms. The maximum absolute atomic E-state index is 15.0. The summed E-state index contributed by atoms with van der Waals surface area (Å²) in [6.45, 7) is 9.19. The highest BCUT2D eigenvalue weighted by Crippen LogP contribution is 2.32. The van der Waals surface area contributed by atoms with Crippen molar-refractivity contribution in [3.05, 3.63) is 59.1 Å². The molecule has 2 saturated heterocycles. The third kappa shape index (κ3) is 7.16. The van der Waals surface area contributed by atoms with Crippen molar-refractivity contribution in [3.63, 3.8) is 0 Å². The molecule has 2 fully saturated rings. The van der Waals surface area contributed by atoms with Gasteiger partial charge in [-0.05, 0) is 83.2 Å². The lowest BCUT2D eigenvalue weighted by Gasteiger charge is -2.41. The Bertz CT molecular complexity index is 1350. The number of nitrogens with zero attached hydrogens (tertiary/aromatic N) is 6. The maximum Gasteiger partial charge on any atom is 0.318 e. The van der Waals surface area contributed by atoms with Gasteiger partial charge in [-0.25, -0.2) is 4.39 Å². The third-order valence-corrected chi connectivity index (χ3v) is 9.06. The number of piperazine rings is 1. The molecule has 10 heteroatoms. The van der Waals surface area contributed by atoms with Gasteiger partial charge in [0.1, 0.15) is 18.2 Å². The van der Waals surface area contributed by atoms with Crippen LogP contribution in [0, 0.1) is 17.1 Å². The van der Waals surface area contributed by atoms with Crippen LogP contribution in [0.5, 0.6) is 6.01 Å². The Labute approximate surface area is 254 Å². The topological polar surface area (TPSA) is 94.8 Å². The quantitative estimate of drug-likeness (QED) is 0.457. The number of likely N-dealkylation sites (N-methyl/N-ethyl adjacent to an activating group) is 1.